The Morgan fingerprint density at radius 1 is 1.29 bits per heavy atom. The number of benzene rings is 1. The molecule has 3 heteroatoms. The molecule has 0 heterocycles. The fourth-order valence-electron chi connectivity index (χ4n) is 1.96. The SMILES string of the molecule is CCCC(CS)COc1c(C)cc(Cl)cc1C. The zero-order valence-corrected chi connectivity index (χ0v) is 12.4. The number of hydrogen-bond donors (Lipinski definition) is 1. The molecule has 0 aliphatic heterocycles. The van der Waals surface area contributed by atoms with Gasteiger partial charge in [0.2, 0.25) is 0 Å². The molecule has 0 bridgehead atoms. The molecule has 1 rings (SSSR count). The Hall–Kier alpha value is -0.340. The van der Waals surface area contributed by atoms with Crippen molar-refractivity contribution in [1.29, 1.82) is 0 Å². The molecule has 0 aliphatic rings. The zero-order chi connectivity index (χ0) is 12.8. The predicted octanol–water partition coefficient (Wildman–Crippen LogP) is 4.68. The Morgan fingerprint density at radius 2 is 1.88 bits per heavy atom. The van der Waals surface area contributed by atoms with Crippen LogP contribution >= 0.6 is 24.2 Å². The minimum Gasteiger partial charge on any atom is -0.493 e. The van der Waals surface area contributed by atoms with Gasteiger partial charge in [-0.05, 0) is 49.3 Å². The van der Waals surface area contributed by atoms with E-state index in [2.05, 4.69) is 19.6 Å². The highest BCUT2D eigenvalue weighted by molar-refractivity contribution is 7.80. The summed E-state index contributed by atoms with van der Waals surface area (Å²) >= 11 is 10.4. The molecule has 1 aromatic rings. The van der Waals surface area contributed by atoms with Gasteiger partial charge in [-0.1, -0.05) is 24.9 Å². The van der Waals surface area contributed by atoms with Crippen LogP contribution in [-0.2, 0) is 0 Å². The molecule has 1 unspecified atom stereocenters. The highest BCUT2D eigenvalue weighted by Gasteiger charge is 2.10. The van der Waals surface area contributed by atoms with Gasteiger partial charge < -0.3 is 4.74 Å². The lowest BCUT2D eigenvalue weighted by Gasteiger charge is -2.17. The van der Waals surface area contributed by atoms with E-state index in [0.717, 1.165) is 40.7 Å². The summed E-state index contributed by atoms with van der Waals surface area (Å²) in [4.78, 5) is 0. The maximum absolute atomic E-state index is 5.99. The van der Waals surface area contributed by atoms with Gasteiger partial charge in [0, 0.05) is 10.9 Å². The summed E-state index contributed by atoms with van der Waals surface area (Å²) in [5.74, 6) is 2.37. The summed E-state index contributed by atoms with van der Waals surface area (Å²) in [5.41, 5.74) is 2.20. The van der Waals surface area contributed by atoms with E-state index < -0.39 is 0 Å². The second-order valence-electron chi connectivity index (χ2n) is 4.52. The maximum atomic E-state index is 5.99. The molecule has 0 aromatic heterocycles. The van der Waals surface area contributed by atoms with Gasteiger partial charge in [-0.3, -0.25) is 0 Å². The first-order valence-electron chi connectivity index (χ1n) is 6.08. The van der Waals surface area contributed by atoms with E-state index in [-0.39, 0.29) is 0 Å². The Balaban J connectivity index is 2.68. The van der Waals surface area contributed by atoms with Crippen LogP contribution in [0.1, 0.15) is 30.9 Å². The summed E-state index contributed by atoms with van der Waals surface area (Å²) in [6.07, 6.45) is 2.34. The smallest absolute Gasteiger partial charge is 0.125 e. The van der Waals surface area contributed by atoms with Crippen molar-refractivity contribution in [3.63, 3.8) is 0 Å². The molecule has 0 spiro atoms. The van der Waals surface area contributed by atoms with E-state index in [9.17, 15) is 0 Å². The predicted molar refractivity (Wildman–Crippen MR) is 78.7 cm³/mol. The van der Waals surface area contributed by atoms with Gasteiger partial charge in [-0.2, -0.15) is 12.6 Å². The molecule has 0 N–H and O–H groups in total. The molecule has 0 aliphatic carbocycles. The lowest BCUT2D eigenvalue weighted by Crippen LogP contribution is -2.14. The van der Waals surface area contributed by atoms with Gasteiger partial charge in [0.15, 0.2) is 0 Å². The molecule has 17 heavy (non-hydrogen) atoms. The monoisotopic (exact) mass is 272 g/mol. The Bertz CT molecular complexity index is 342. The van der Waals surface area contributed by atoms with Crippen LogP contribution in [0.2, 0.25) is 5.02 Å². The summed E-state index contributed by atoms with van der Waals surface area (Å²) in [6, 6.07) is 3.89. The lowest BCUT2D eigenvalue weighted by molar-refractivity contribution is 0.251. The van der Waals surface area contributed by atoms with E-state index in [1.54, 1.807) is 0 Å². The molecule has 1 atom stereocenters. The molecule has 0 saturated heterocycles. The summed E-state index contributed by atoms with van der Waals surface area (Å²) in [7, 11) is 0. The average molecular weight is 273 g/mol. The highest BCUT2D eigenvalue weighted by atomic mass is 35.5. The van der Waals surface area contributed by atoms with Crippen LogP contribution in [0.5, 0.6) is 5.75 Å². The van der Waals surface area contributed by atoms with Gasteiger partial charge in [0.25, 0.3) is 0 Å². The number of halogens is 1. The fourth-order valence-corrected chi connectivity index (χ4v) is 2.58. The van der Waals surface area contributed by atoms with Crippen molar-refractivity contribution in [2.24, 2.45) is 5.92 Å². The van der Waals surface area contributed by atoms with Crippen LogP contribution < -0.4 is 4.74 Å². The quantitative estimate of drug-likeness (QED) is 0.740. The second-order valence-corrected chi connectivity index (χ2v) is 5.32. The van der Waals surface area contributed by atoms with Crippen molar-refractivity contribution in [2.75, 3.05) is 12.4 Å². The number of rotatable bonds is 6. The summed E-state index contributed by atoms with van der Waals surface area (Å²) in [6.45, 7) is 6.99. The third-order valence-corrected chi connectivity index (χ3v) is 3.58. The lowest BCUT2D eigenvalue weighted by atomic mass is 10.1. The number of aryl methyl sites for hydroxylation is 2. The van der Waals surface area contributed by atoms with Crippen molar-refractivity contribution in [1.82, 2.24) is 0 Å². The first kappa shape index (κ1) is 14.7. The zero-order valence-electron chi connectivity index (χ0n) is 10.8. The van der Waals surface area contributed by atoms with E-state index in [1.165, 1.54) is 6.42 Å². The molecular formula is C14H21ClOS. The van der Waals surface area contributed by atoms with Crippen molar-refractivity contribution in [2.45, 2.75) is 33.6 Å². The van der Waals surface area contributed by atoms with E-state index in [4.69, 9.17) is 16.3 Å². The van der Waals surface area contributed by atoms with Gasteiger partial charge in [-0.25, -0.2) is 0 Å². The standard InChI is InChI=1S/C14H21ClOS/c1-4-5-12(9-17)8-16-14-10(2)6-13(15)7-11(14)3/h6-7,12,17H,4-5,8-9H2,1-3H3. The molecule has 0 amide bonds. The van der Waals surface area contributed by atoms with Gasteiger partial charge in [0.1, 0.15) is 5.75 Å². The minimum absolute atomic E-state index is 0.526. The van der Waals surface area contributed by atoms with Gasteiger partial charge in [-0.15, -0.1) is 0 Å². The van der Waals surface area contributed by atoms with E-state index in [1.807, 2.05) is 26.0 Å². The highest BCUT2D eigenvalue weighted by Crippen LogP contribution is 2.27. The first-order chi connectivity index (χ1) is 8.08. The molecule has 96 valence electrons. The van der Waals surface area contributed by atoms with Crippen LogP contribution in [0.4, 0.5) is 0 Å². The van der Waals surface area contributed by atoms with Crippen molar-refractivity contribution in [3.8, 4) is 5.75 Å². The summed E-state index contributed by atoms with van der Waals surface area (Å²) < 4.78 is 5.92. The Kier molecular flexibility index (Phi) is 6.21. The maximum Gasteiger partial charge on any atom is 0.125 e. The number of ether oxygens (including phenoxy) is 1. The second kappa shape index (κ2) is 7.17. The largest absolute Gasteiger partial charge is 0.493 e. The van der Waals surface area contributed by atoms with Crippen molar-refractivity contribution in [3.05, 3.63) is 28.3 Å². The van der Waals surface area contributed by atoms with Crippen LogP contribution in [-0.4, -0.2) is 12.4 Å². The third-order valence-electron chi connectivity index (χ3n) is 2.84. The Labute approximate surface area is 115 Å². The number of hydrogen-bond acceptors (Lipinski definition) is 2. The van der Waals surface area contributed by atoms with Crippen molar-refractivity contribution < 1.29 is 4.74 Å². The van der Waals surface area contributed by atoms with Gasteiger partial charge in [0.05, 0.1) is 6.61 Å². The average Bonchev–Trinajstić information content (AvgIpc) is 2.26. The Morgan fingerprint density at radius 3 is 2.35 bits per heavy atom. The van der Waals surface area contributed by atoms with E-state index in [0.29, 0.717) is 5.92 Å². The normalized spacial score (nSPS) is 12.5. The minimum atomic E-state index is 0.526. The first-order valence-corrected chi connectivity index (χ1v) is 7.09. The van der Waals surface area contributed by atoms with Gasteiger partial charge >= 0.3 is 0 Å². The molecule has 1 aromatic carbocycles. The summed E-state index contributed by atoms with van der Waals surface area (Å²) in [5, 5.41) is 0.770. The van der Waals surface area contributed by atoms with Crippen molar-refractivity contribution >= 4 is 24.2 Å². The molecule has 0 radical (unpaired) electrons. The molecule has 0 saturated carbocycles. The molecule has 1 nitrogen and oxygen atoms in total. The number of thiol groups is 1. The van der Waals surface area contributed by atoms with E-state index >= 15 is 0 Å². The topological polar surface area (TPSA) is 9.23 Å². The third kappa shape index (κ3) is 4.44. The van der Waals surface area contributed by atoms with Crippen LogP contribution in [0.15, 0.2) is 12.1 Å². The van der Waals surface area contributed by atoms with Crippen LogP contribution in [0, 0.1) is 19.8 Å². The molecular weight excluding hydrogens is 252 g/mol. The van der Waals surface area contributed by atoms with Crippen LogP contribution in [0.25, 0.3) is 0 Å². The molecule has 0 fully saturated rings. The fraction of sp³-hybridized carbons (Fsp3) is 0.571. The van der Waals surface area contributed by atoms with Crippen LogP contribution in [0.3, 0.4) is 0 Å².